The first kappa shape index (κ1) is 17.4. The molecule has 2 aromatic carbocycles. The Bertz CT molecular complexity index is 900. The van der Waals surface area contributed by atoms with Gasteiger partial charge in [0.25, 0.3) is 5.22 Å². The predicted molar refractivity (Wildman–Crippen MR) is 90.5 cm³/mol. The molecular weight excluding hydrogens is 372 g/mol. The highest BCUT2D eigenvalue weighted by Crippen LogP contribution is 2.25. The third-order valence-corrected chi connectivity index (χ3v) is 4.09. The Morgan fingerprint density at radius 1 is 1.16 bits per heavy atom. The number of nitrogens with zero attached hydrogens (tertiary/aromatic N) is 2. The molecule has 0 saturated heterocycles. The number of anilines is 1. The maximum Gasteiger partial charge on any atom is 0.277 e. The summed E-state index contributed by atoms with van der Waals surface area (Å²) in [6.07, 6.45) is 0. The molecule has 1 amide bonds. The van der Waals surface area contributed by atoms with Gasteiger partial charge in [0.2, 0.25) is 11.8 Å². The van der Waals surface area contributed by atoms with E-state index in [2.05, 4.69) is 15.5 Å². The van der Waals surface area contributed by atoms with Crippen LogP contribution in [0.15, 0.2) is 52.1 Å². The molecule has 0 bridgehead atoms. The molecule has 0 radical (unpaired) electrons. The first-order valence-corrected chi connectivity index (χ1v) is 8.35. The molecule has 1 aromatic heterocycles. The monoisotopic (exact) mass is 381 g/mol. The van der Waals surface area contributed by atoms with Crippen molar-refractivity contribution in [2.75, 3.05) is 11.1 Å². The number of para-hydroxylation sites is 1. The van der Waals surface area contributed by atoms with Gasteiger partial charge in [-0.05, 0) is 30.3 Å². The minimum atomic E-state index is -0.848. The van der Waals surface area contributed by atoms with E-state index >= 15 is 0 Å². The second-order valence-corrected chi connectivity index (χ2v) is 6.18. The minimum absolute atomic E-state index is 0.148. The van der Waals surface area contributed by atoms with E-state index in [4.69, 9.17) is 16.0 Å². The van der Waals surface area contributed by atoms with E-state index in [1.165, 1.54) is 6.07 Å². The second kappa shape index (κ2) is 7.62. The molecule has 0 fully saturated rings. The molecule has 0 aliphatic rings. The van der Waals surface area contributed by atoms with Crippen LogP contribution in [0.2, 0.25) is 5.02 Å². The Morgan fingerprint density at radius 3 is 2.60 bits per heavy atom. The van der Waals surface area contributed by atoms with Crippen molar-refractivity contribution >= 4 is 35.0 Å². The van der Waals surface area contributed by atoms with Gasteiger partial charge < -0.3 is 9.73 Å². The maximum atomic E-state index is 13.5. The fourth-order valence-electron chi connectivity index (χ4n) is 1.93. The Kier molecular flexibility index (Phi) is 5.30. The summed E-state index contributed by atoms with van der Waals surface area (Å²) in [5.74, 6) is -2.19. The van der Waals surface area contributed by atoms with Crippen LogP contribution in [0.5, 0.6) is 0 Å². The topological polar surface area (TPSA) is 68.0 Å². The van der Waals surface area contributed by atoms with Crippen molar-refractivity contribution in [3.8, 4) is 11.5 Å². The smallest absolute Gasteiger partial charge is 0.277 e. The van der Waals surface area contributed by atoms with Crippen LogP contribution < -0.4 is 5.32 Å². The highest BCUT2D eigenvalue weighted by molar-refractivity contribution is 7.99. The minimum Gasteiger partial charge on any atom is -0.411 e. The zero-order valence-corrected chi connectivity index (χ0v) is 14.1. The number of hydrogen-bond donors (Lipinski definition) is 1. The fourth-order valence-corrected chi connectivity index (χ4v) is 2.68. The lowest BCUT2D eigenvalue weighted by Gasteiger charge is -2.06. The van der Waals surface area contributed by atoms with Crippen LogP contribution in [0.25, 0.3) is 11.5 Å². The number of carbonyl (C=O) groups is 1. The third-order valence-electron chi connectivity index (χ3n) is 3.03. The Hall–Kier alpha value is -2.45. The summed E-state index contributed by atoms with van der Waals surface area (Å²) in [5.41, 5.74) is 0.156. The molecule has 0 unspecified atom stereocenters. The van der Waals surface area contributed by atoms with Gasteiger partial charge in [-0.25, -0.2) is 8.78 Å². The van der Waals surface area contributed by atoms with Crippen LogP contribution in [0.3, 0.4) is 0 Å². The Balaban J connectivity index is 1.61. The number of carbonyl (C=O) groups excluding carboxylic acids is 1. The van der Waals surface area contributed by atoms with Crippen molar-refractivity contribution in [2.24, 2.45) is 0 Å². The van der Waals surface area contributed by atoms with Crippen molar-refractivity contribution in [3.63, 3.8) is 0 Å². The predicted octanol–water partition coefficient (Wildman–Crippen LogP) is 4.40. The summed E-state index contributed by atoms with van der Waals surface area (Å²) in [5, 5.41) is 10.5. The van der Waals surface area contributed by atoms with E-state index in [-0.39, 0.29) is 16.9 Å². The molecule has 1 N–H and O–H groups in total. The first-order valence-electron chi connectivity index (χ1n) is 6.99. The lowest BCUT2D eigenvalue weighted by molar-refractivity contribution is -0.113. The van der Waals surface area contributed by atoms with Gasteiger partial charge in [0, 0.05) is 10.6 Å². The van der Waals surface area contributed by atoms with Crippen molar-refractivity contribution < 1.29 is 18.0 Å². The van der Waals surface area contributed by atoms with E-state index in [0.717, 1.165) is 23.9 Å². The lowest BCUT2D eigenvalue weighted by Crippen LogP contribution is -2.16. The molecule has 3 aromatic rings. The zero-order valence-electron chi connectivity index (χ0n) is 12.5. The largest absolute Gasteiger partial charge is 0.411 e. The highest BCUT2D eigenvalue weighted by Gasteiger charge is 2.14. The molecule has 0 atom stereocenters. The van der Waals surface area contributed by atoms with Crippen LogP contribution in [-0.2, 0) is 4.79 Å². The number of aromatic nitrogens is 2. The summed E-state index contributed by atoms with van der Waals surface area (Å²) in [6, 6.07) is 10.2. The normalized spacial score (nSPS) is 10.7. The van der Waals surface area contributed by atoms with Crippen LogP contribution in [0, 0.1) is 11.6 Å². The molecule has 5 nitrogen and oxygen atoms in total. The van der Waals surface area contributed by atoms with Crippen molar-refractivity contribution in [1.29, 1.82) is 0 Å². The molecule has 0 spiro atoms. The average molecular weight is 382 g/mol. The van der Waals surface area contributed by atoms with Gasteiger partial charge >= 0.3 is 0 Å². The fraction of sp³-hybridized carbons (Fsp3) is 0.0625. The summed E-state index contributed by atoms with van der Waals surface area (Å²) >= 11 is 6.85. The van der Waals surface area contributed by atoms with Gasteiger partial charge in [0.05, 0.1) is 5.75 Å². The molecular formula is C16H10ClF2N3O2S. The Labute approximate surface area is 150 Å². The van der Waals surface area contributed by atoms with E-state index in [1.54, 1.807) is 24.3 Å². The van der Waals surface area contributed by atoms with Crippen LogP contribution in [-0.4, -0.2) is 21.9 Å². The molecule has 25 heavy (non-hydrogen) atoms. The molecule has 0 saturated carbocycles. The van der Waals surface area contributed by atoms with Gasteiger partial charge in [-0.1, -0.05) is 35.5 Å². The average Bonchev–Trinajstić information content (AvgIpc) is 3.06. The number of benzene rings is 2. The van der Waals surface area contributed by atoms with Crippen LogP contribution >= 0.6 is 23.4 Å². The number of nitrogens with one attached hydrogen (secondary N) is 1. The van der Waals surface area contributed by atoms with Crippen molar-refractivity contribution in [2.45, 2.75) is 5.22 Å². The number of hydrogen-bond acceptors (Lipinski definition) is 5. The molecule has 128 valence electrons. The SMILES string of the molecule is O=C(CSc1nnc(-c2cccc(Cl)c2)o1)Nc1c(F)cccc1F. The lowest BCUT2D eigenvalue weighted by atomic mass is 10.2. The molecule has 0 aliphatic carbocycles. The van der Waals surface area contributed by atoms with Gasteiger partial charge in [-0.2, -0.15) is 0 Å². The zero-order chi connectivity index (χ0) is 17.8. The van der Waals surface area contributed by atoms with Crippen LogP contribution in [0.4, 0.5) is 14.5 Å². The maximum absolute atomic E-state index is 13.5. The van der Waals surface area contributed by atoms with Gasteiger partial charge in [0.15, 0.2) is 0 Å². The van der Waals surface area contributed by atoms with Crippen molar-refractivity contribution in [1.82, 2.24) is 10.2 Å². The summed E-state index contributed by atoms with van der Waals surface area (Å²) in [4.78, 5) is 11.8. The van der Waals surface area contributed by atoms with E-state index in [9.17, 15) is 13.6 Å². The Morgan fingerprint density at radius 2 is 1.88 bits per heavy atom. The molecule has 1 heterocycles. The number of rotatable bonds is 5. The molecule has 0 aliphatic heterocycles. The van der Waals surface area contributed by atoms with E-state index in [0.29, 0.717) is 10.6 Å². The van der Waals surface area contributed by atoms with E-state index in [1.807, 2.05) is 0 Å². The summed E-state index contributed by atoms with van der Waals surface area (Å²) in [6.45, 7) is 0. The first-order chi connectivity index (χ1) is 12.0. The van der Waals surface area contributed by atoms with E-state index < -0.39 is 23.2 Å². The van der Waals surface area contributed by atoms with Gasteiger partial charge in [0.1, 0.15) is 17.3 Å². The second-order valence-electron chi connectivity index (χ2n) is 4.82. The van der Waals surface area contributed by atoms with Gasteiger partial charge in [-0.15, -0.1) is 10.2 Å². The molecule has 9 heteroatoms. The van der Waals surface area contributed by atoms with Crippen LogP contribution in [0.1, 0.15) is 0 Å². The standard InChI is InChI=1S/C16H10ClF2N3O2S/c17-10-4-1-3-9(7-10)15-21-22-16(24-15)25-8-13(23)20-14-11(18)5-2-6-12(14)19/h1-7H,8H2,(H,20,23). The number of thioether (sulfide) groups is 1. The molecule has 3 rings (SSSR count). The number of halogens is 3. The summed E-state index contributed by atoms with van der Waals surface area (Å²) < 4.78 is 32.4. The quantitative estimate of drug-likeness (QED) is 0.663. The van der Waals surface area contributed by atoms with Gasteiger partial charge in [-0.3, -0.25) is 4.79 Å². The summed E-state index contributed by atoms with van der Waals surface area (Å²) in [7, 11) is 0. The number of amides is 1. The third kappa shape index (κ3) is 4.34. The van der Waals surface area contributed by atoms with Crippen molar-refractivity contribution in [3.05, 3.63) is 59.1 Å². The highest BCUT2D eigenvalue weighted by atomic mass is 35.5.